The van der Waals surface area contributed by atoms with Crippen LogP contribution in [0.3, 0.4) is 0 Å². The van der Waals surface area contributed by atoms with Gasteiger partial charge in [-0.15, -0.1) is 0 Å². The van der Waals surface area contributed by atoms with Gasteiger partial charge in [0.15, 0.2) is 11.5 Å². The molecule has 0 aromatic heterocycles. The third-order valence-electron chi connectivity index (χ3n) is 5.40. The van der Waals surface area contributed by atoms with Gasteiger partial charge in [-0.05, 0) is 41.8 Å². The van der Waals surface area contributed by atoms with Crippen molar-refractivity contribution in [1.29, 1.82) is 0 Å². The van der Waals surface area contributed by atoms with E-state index in [0.29, 0.717) is 60.8 Å². The molecule has 0 saturated carbocycles. The topological polar surface area (TPSA) is 85.1 Å². The van der Waals surface area contributed by atoms with E-state index >= 15 is 0 Å². The van der Waals surface area contributed by atoms with Crippen molar-refractivity contribution in [2.75, 3.05) is 39.9 Å². The molecule has 3 rings (SSSR count). The highest BCUT2D eigenvalue weighted by Crippen LogP contribution is 2.30. The molecule has 7 nitrogen and oxygen atoms in total. The summed E-state index contributed by atoms with van der Waals surface area (Å²) in [7, 11) is 1.56. The maximum Gasteiger partial charge on any atom is 0.254 e. The van der Waals surface area contributed by atoms with Crippen molar-refractivity contribution in [2.45, 2.75) is 19.9 Å². The van der Waals surface area contributed by atoms with Crippen molar-refractivity contribution in [3.05, 3.63) is 58.6 Å². The second-order valence-electron chi connectivity index (χ2n) is 8.26. The largest absolute Gasteiger partial charge is 0.493 e. The number of hydrogen-bond donors (Lipinski definition) is 1. The Balaban J connectivity index is 1.67. The molecule has 1 heterocycles. The summed E-state index contributed by atoms with van der Waals surface area (Å²) in [6, 6.07) is 11.8. The third-order valence-corrected chi connectivity index (χ3v) is 5.66. The van der Waals surface area contributed by atoms with Gasteiger partial charge in [-0.25, -0.2) is 0 Å². The predicted octanol–water partition coefficient (Wildman–Crippen LogP) is 3.37. The Hall–Kier alpha value is -2.77. The standard InChI is InChI=1S/C24H30ClN3O4/c1-16(2)15-32-20-9-6-18(14-21(20)31-3)24(30)28-12-10-27(11-13-28)22(23(26)29)17-4-7-19(25)8-5-17/h4-9,14,16,22H,10-13,15H2,1-3H3,(H2,26,29)/t22-/m0/s1. The van der Waals surface area contributed by atoms with Crippen LogP contribution in [0.2, 0.25) is 5.02 Å². The van der Waals surface area contributed by atoms with E-state index in [0.717, 1.165) is 5.56 Å². The van der Waals surface area contributed by atoms with E-state index in [-0.39, 0.29) is 5.91 Å². The van der Waals surface area contributed by atoms with Gasteiger partial charge < -0.3 is 20.1 Å². The molecule has 1 saturated heterocycles. The molecule has 2 aromatic carbocycles. The van der Waals surface area contributed by atoms with Crippen molar-refractivity contribution in [2.24, 2.45) is 11.7 Å². The number of carbonyl (C=O) groups excluding carboxylic acids is 2. The Morgan fingerprint density at radius 3 is 2.25 bits per heavy atom. The third kappa shape index (κ3) is 5.72. The fourth-order valence-corrected chi connectivity index (χ4v) is 3.87. The molecule has 0 bridgehead atoms. The van der Waals surface area contributed by atoms with Gasteiger partial charge in [0.05, 0.1) is 13.7 Å². The van der Waals surface area contributed by atoms with Crippen LogP contribution in [0.4, 0.5) is 0 Å². The van der Waals surface area contributed by atoms with Crippen LogP contribution in [0, 0.1) is 5.92 Å². The zero-order valence-corrected chi connectivity index (χ0v) is 19.5. The quantitative estimate of drug-likeness (QED) is 0.654. The minimum absolute atomic E-state index is 0.0829. The van der Waals surface area contributed by atoms with Gasteiger partial charge >= 0.3 is 0 Å². The van der Waals surface area contributed by atoms with Crippen LogP contribution in [0.15, 0.2) is 42.5 Å². The molecule has 0 radical (unpaired) electrons. The van der Waals surface area contributed by atoms with Crippen LogP contribution in [0.25, 0.3) is 0 Å². The molecule has 0 unspecified atom stereocenters. The van der Waals surface area contributed by atoms with Gasteiger partial charge in [-0.1, -0.05) is 37.6 Å². The number of primary amides is 1. The first-order valence-electron chi connectivity index (χ1n) is 10.7. The lowest BCUT2D eigenvalue weighted by Crippen LogP contribution is -2.51. The number of nitrogens with zero attached hydrogens (tertiary/aromatic N) is 2. The highest BCUT2D eigenvalue weighted by molar-refractivity contribution is 6.30. The molecule has 32 heavy (non-hydrogen) atoms. The average molecular weight is 460 g/mol. The van der Waals surface area contributed by atoms with Crippen molar-refractivity contribution in [3.8, 4) is 11.5 Å². The molecule has 2 amide bonds. The summed E-state index contributed by atoms with van der Waals surface area (Å²) >= 11 is 5.97. The van der Waals surface area contributed by atoms with Crippen LogP contribution in [0.1, 0.15) is 35.8 Å². The molecule has 1 aliphatic rings. The van der Waals surface area contributed by atoms with Gasteiger partial charge in [-0.2, -0.15) is 0 Å². The summed E-state index contributed by atoms with van der Waals surface area (Å²) in [4.78, 5) is 29.0. The van der Waals surface area contributed by atoms with Crippen molar-refractivity contribution in [3.63, 3.8) is 0 Å². The first kappa shape index (κ1) is 23.9. The highest BCUT2D eigenvalue weighted by atomic mass is 35.5. The van der Waals surface area contributed by atoms with Crippen LogP contribution < -0.4 is 15.2 Å². The average Bonchev–Trinajstić information content (AvgIpc) is 2.78. The molecular formula is C24H30ClN3O4. The van der Waals surface area contributed by atoms with Gasteiger partial charge in [0.2, 0.25) is 5.91 Å². The number of carbonyl (C=O) groups is 2. The molecule has 1 aliphatic heterocycles. The number of piperazine rings is 1. The van der Waals surface area contributed by atoms with Crippen molar-refractivity contribution < 1.29 is 19.1 Å². The maximum absolute atomic E-state index is 13.1. The van der Waals surface area contributed by atoms with Crippen molar-refractivity contribution in [1.82, 2.24) is 9.80 Å². The maximum atomic E-state index is 13.1. The normalized spacial score (nSPS) is 15.5. The highest BCUT2D eigenvalue weighted by Gasteiger charge is 2.31. The van der Waals surface area contributed by atoms with Crippen molar-refractivity contribution >= 4 is 23.4 Å². The van der Waals surface area contributed by atoms with Crippen LogP contribution >= 0.6 is 11.6 Å². The van der Waals surface area contributed by atoms with Crippen LogP contribution in [0.5, 0.6) is 11.5 Å². The minimum atomic E-state index is -0.554. The Morgan fingerprint density at radius 1 is 1.03 bits per heavy atom. The monoisotopic (exact) mass is 459 g/mol. The Kier molecular flexibility index (Phi) is 7.99. The fraction of sp³-hybridized carbons (Fsp3) is 0.417. The van der Waals surface area contributed by atoms with E-state index in [1.165, 1.54) is 0 Å². The number of ether oxygens (including phenoxy) is 2. The molecule has 1 fully saturated rings. The van der Waals surface area contributed by atoms with Crippen LogP contribution in [-0.2, 0) is 4.79 Å². The van der Waals surface area contributed by atoms with E-state index < -0.39 is 11.9 Å². The van der Waals surface area contributed by atoms with E-state index in [9.17, 15) is 9.59 Å². The zero-order valence-electron chi connectivity index (χ0n) is 18.7. The summed E-state index contributed by atoms with van der Waals surface area (Å²) in [5, 5.41) is 0.600. The number of amides is 2. The van der Waals surface area contributed by atoms with E-state index in [1.807, 2.05) is 17.0 Å². The minimum Gasteiger partial charge on any atom is -0.493 e. The summed E-state index contributed by atoms with van der Waals surface area (Å²) in [6.45, 7) is 6.76. The van der Waals surface area contributed by atoms with Gasteiger partial charge in [0.25, 0.3) is 5.91 Å². The Bertz CT molecular complexity index is 941. The predicted molar refractivity (Wildman–Crippen MR) is 124 cm³/mol. The Labute approximate surface area is 194 Å². The molecule has 0 spiro atoms. The molecule has 2 aromatic rings. The summed E-state index contributed by atoms with van der Waals surface area (Å²) in [6.07, 6.45) is 0. The number of halogens is 1. The summed E-state index contributed by atoms with van der Waals surface area (Å²) in [5.74, 6) is 1.03. The van der Waals surface area contributed by atoms with E-state index in [2.05, 4.69) is 13.8 Å². The number of methoxy groups -OCH3 is 1. The van der Waals surface area contributed by atoms with Crippen LogP contribution in [-0.4, -0.2) is 61.5 Å². The lowest BCUT2D eigenvalue weighted by Gasteiger charge is -2.38. The number of benzene rings is 2. The number of nitrogens with two attached hydrogens (primary N) is 1. The zero-order chi connectivity index (χ0) is 23.3. The number of rotatable bonds is 8. The van der Waals surface area contributed by atoms with Gasteiger partial charge in [0.1, 0.15) is 6.04 Å². The van der Waals surface area contributed by atoms with Gasteiger partial charge in [0, 0.05) is 36.8 Å². The lowest BCUT2D eigenvalue weighted by atomic mass is 10.0. The molecule has 1 atom stereocenters. The molecular weight excluding hydrogens is 430 g/mol. The number of hydrogen-bond acceptors (Lipinski definition) is 5. The molecule has 172 valence electrons. The second-order valence-corrected chi connectivity index (χ2v) is 8.69. The molecule has 0 aliphatic carbocycles. The van der Waals surface area contributed by atoms with Gasteiger partial charge in [-0.3, -0.25) is 14.5 Å². The summed E-state index contributed by atoms with van der Waals surface area (Å²) < 4.78 is 11.2. The molecule has 2 N–H and O–H groups in total. The first-order chi connectivity index (χ1) is 15.3. The first-order valence-corrected chi connectivity index (χ1v) is 11.1. The Morgan fingerprint density at radius 2 is 1.69 bits per heavy atom. The second kappa shape index (κ2) is 10.7. The molecule has 8 heteroatoms. The smallest absolute Gasteiger partial charge is 0.254 e. The lowest BCUT2D eigenvalue weighted by molar-refractivity contribution is -0.124. The van der Waals surface area contributed by atoms with E-state index in [1.54, 1.807) is 42.3 Å². The van der Waals surface area contributed by atoms with E-state index in [4.69, 9.17) is 26.8 Å². The summed E-state index contributed by atoms with van der Waals surface area (Å²) in [5.41, 5.74) is 7.03. The SMILES string of the molecule is COc1cc(C(=O)N2CCN([C@H](C(N)=O)c3ccc(Cl)cc3)CC2)ccc1OCC(C)C. The fourth-order valence-electron chi connectivity index (χ4n) is 3.74.